The summed E-state index contributed by atoms with van der Waals surface area (Å²) in [5.74, 6) is 1.37. The summed E-state index contributed by atoms with van der Waals surface area (Å²) in [5, 5.41) is 10.4. The number of carbonyl (C=O) groups excluding carboxylic acids is 1. The van der Waals surface area contributed by atoms with E-state index in [1.165, 1.54) is 11.3 Å². The summed E-state index contributed by atoms with van der Waals surface area (Å²) in [6.45, 7) is 3.93. The number of ether oxygens (including phenoxy) is 1. The topological polar surface area (TPSA) is 106 Å². The van der Waals surface area contributed by atoms with Crippen LogP contribution < -0.4 is 5.32 Å². The Morgan fingerprint density at radius 2 is 2.33 bits per heavy atom. The molecule has 8 nitrogen and oxygen atoms in total. The molecule has 3 aromatic rings. The Balaban J connectivity index is 1.65. The largest absolute Gasteiger partial charge is 0.461 e. The van der Waals surface area contributed by atoms with Gasteiger partial charge < -0.3 is 14.5 Å². The zero-order chi connectivity index (χ0) is 17.1. The molecule has 24 heavy (non-hydrogen) atoms. The average Bonchev–Trinajstić information content (AvgIpc) is 3.31. The Morgan fingerprint density at radius 3 is 3.04 bits per heavy atom. The molecule has 0 aliphatic rings. The number of rotatable bonds is 6. The van der Waals surface area contributed by atoms with Crippen LogP contribution in [0.4, 0.5) is 0 Å². The first kappa shape index (κ1) is 16.3. The Hall–Kier alpha value is -2.52. The number of nitrogens with zero attached hydrogens (tertiary/aromatic N) is 3. The summed E-state index contributed by atoms with van der Waals surface area (Å²) in [6, 6.07) is 3.53. The van der Waals surface area contributed by atoms with Crippen molar-refractivity contribution in [2.75, 3.05) is 7.11 Å². The highest BCUT2D eigenvalue weighted by molar-refractivity contribution is 7.13. The molecule has 0 aromatic carbocycles. The Bertz CT molecular complexity index is 824. The van der Waals surface area contributed by atoms with Gasteiger partial charge in [-0.05, 0) is 26.0 Å². The fourth-order valence-corrected chi connectivity index (χ4v) is 3.05. The van der Waals surface area contributed by atoms with Crippen molar-refractivity contribution in [2.24, 2.45) is 0 Å². The summed E-state index contributed by atoms with van der Waals surface area (Å²) < 4.78 is 10.5. The minimum Gasteiger partial charge on any atom is -0.461 e. The highest BCUT2D eigenvalue weighted by Crippen LogP contribution is 2.25. The fraction of sp³-hybridized carbons (Fsp3) is 0.333. The van der Waals surface area contributed by atoms with Gasteiger partial charge in [-0.1, -0.05) is 0 Å². The normalized spacial score (nSPS) is 12.3. The average molecular weight is 347 g/mol. The fourth-order valence-electron chi connectivity index (χ4n) is 2.04. The van der Waals surface area contributed by atoms with Gasteiger partial charge in [0.05, 0.1) is 18.5 Å². The van der Waals surface area contributed by atoms with Gasteiger partial charge in [0.1, 0.15) is 21.8 Å². The van der Waals surface area contributed by atoms with E-state index in [2.05, 4.69) is 25.5 Å². The molecule has 0 bridgehead atoms. The van der Waals surface area contributed by atoms with Gasteiger partial charge in [-0.25, -0.2) is 9.97 Å². The molecule has 9 heteroatoms. The molecule has 0 radical (unpaired) electrons. The van der Waals surface area contributed by atoms with Gasteiger partial charge in [0.15, 0.2) is 5.76 Å². The van der Waals surface area contributed by atoms with E-state index in [4.69, 9.17) is 9.15 Å². The lowest BCUT2D eigenvalue weighted by molar-refractivity contribution is 0.0953. The Kier molecular flexibility index (Phi) is 4.72. The van der Waals surface area contributed by atoms with Crippen molar-refractivity contribution in [1.82, 2.24) is 25.5 Å². The molecule has 126 valence electrons. The number of aromatic amines is 1. The van der Waals surface area contributed by atoms with Gasteiger partial charge in [0.25, 0.3) is 5.91 Å². The van der Waals surface area contributed by atoms with Gasteiger partial charge in [-0.3, -0.25) is 9.89 Å². The standard InChI is InChI=1S/C15H17N5O3S/c1-8-12(24-15(17-8)9(2)22-3)14(21)16-7-11-18-13(20-19-11)10-5-4-6-23-10/h4-6,9H,7H2,1-3H3,(H,16,21)(H,18,19,20)/t9-/m1/s1. The number of aryl methyl sites for hydroxylation is 1. The molecular weight excluding hydrogens is 330 g/mol. The first-order valence-electron chi connectivity index (χ1n) is 7.32. The summed E-state index contributed by atoms with van der Waals surface area (Å²) in [5.41, 5.74) is 0.685. The number of furan rings is 1. The van der Waals surface area contributed by atoms with E-state index in [9.17, 15) is 4.79 Å². The van der Waals surface area contributed by atoms with Gasteiger partial charge in [0, 0.05) is 7.11 Å². The van der Waals surface area contributed by atoms with Crippen LogP contribution in [0.5, 0.6) is 0 Å². The van der Waals surface area contributed by atoms with Crippen molar-refractivity contribution in [1.29, 1.82) is 0 Å². The van der Waals surface area contributed by atoms with Gasteiger partial charge in [-0.2, -0.15) is 0 Å². The quantitative estimate of drug-likeness (QED) is 0.709. The highest BCUT2D eigenvalue weighted by atomic mass is 32.1. The Morgan fingerprint density at radius 1 is 1.50 bits per heavy atom. The third-order valence-electron chi connectivity index (χ3n) is 3.41. The van der Waals surface area contributed by atoms with Crippen LogP contribution in [0.2, 0.25) is 0 Å². The molecule has 1 atom stereocenters. The molecule has 0 aliphatic heterocycles. The molecular formula is C15H17N5O3S. The lowest BCUT2D eigenvalue weighted by atomic mass is 10.3. The SMILES string of the molecule is CO[C@H](C)c1nc(C)c(C(=O)NCc2nc(-c3ccco3)n[nH]2)s1. The molecule has 0 spiro atoms. The lowest BCUT2D eigenvalue weighted by Crippen LogP contribution is -2.23. The van der Waals surface area contributed by atoms with E-state index >= 15 is 0 Å². The molecule has 2 N–H and O–H groups in total. The van der Waals surface area contributed by atoms with E-state index in [-0.39, 0.29) is 18.6 Å². The molecule has 3 rings (SSSR count). The van der Waals surface area contributed by atoms with E-state index < -0.39 is 0 Å². The van der Waals surface area contributed by atoms with Crippen LogP contribution in [0, 0.1) is 6.92 Å². The van der Waals surface area contributed by atoms with Crippen LogP contribution in [-0.4, -0.2) is 33.2 Å². The zero-order valence-electron chi connectivity index (χ0n) is 13.5. The smallest absolute Gasteiger partial charge is 0.263 e. The maximum absolute atomic E-state index is 12.3. The summed E-state index contributed by atoms with van der Waals surface area (Å²) in [4.78, 5) is 21.6. The highest BCUT2D eigenvalue weighted by Gasteiger charge is 2.18. The van der Waals surface area contributed by atoms with Crippen LogP contribution in [0.3, 0.4) is 0 Å². The number of carbonyl (C=O) groups is 1. The number of nitrogens with one attached hydrogen (secondary N) is 2. The molecule has 3 aromatic heterocycles. The second-order valence-corrected chi connectivity index (χ2v) is 6.14. The first-order chi connectivity index (χ1) is 11.6. The van der Waals surface area contributed by atoms with Crippen molar-refractivity contribution in [3.63, 3.8) is 0 Å². The zero-order valence-corrected chi connectivity index (χ0v) is 14.3. The summed E-state index contributed by atoms with van der Waals surface area (Å²) in [7, 11) is 1.61. The van der Waals surface area contributed by atoms with Crippen molar-refractivity contribution in [2.45, 2.75) is 26.5 Å². The maximum atomic E-state index is 12.3. The second-order valence-electron chi connectivity index (χ2n) is 5.11. The van der Waals surface area contributed by atoms with Crippen molar-refractivity contribution < 1.29 is 13.9 Å². The van der Waals surface area contributed by atoms with Gasteiger partial charge in [-0.15, -0.1) is 16.4 Å². The van der Waals surface area contributed by atoms with E-state index in [0.29, 0.717) is 28.0 Å². The minimum absolute atomic E-state index is 0.139. The maximum Gasteiger partial charge on any atom is 0.263 e. The van der Waals surface area contributed by atoms with Crippen LogP contribution in [0.15, 0.2) is 22.8 Å². The van der Waals surface area contributed by atoms with Crippen LogP contribution in [0.25, 0.3) is 11.6 Å². The van der Waals surface area contributed by atoms with Crippen molar-refractivity contribution >= 4 is 17.2 Å². The summed E-state index contributed by atoms with van der Waals surface area (Å²) in [6.07, 6.45) is 1.42. The minimum atomic E-state index is -0.199. The molecule has 3 heterocycles. The first-order valence-corrected chi connectivity index (χ1v) is 8.13. The van der Waals surface area contributed by atoms with E-state index in [0.717, 1.165) is 5.01 Å². The van der Waals surface area contributed by atoms with Crippen molar-refractivity contribution in [3.05, 3.63) is 39.8 Å². The monoisotopic (exact) mass is 347 g/mol. The molecule has 0 aliphatic carbocycles. The number of H-pyrrole nitrogens is 1. The summed E-state index contributed by atoms with van der Waals surface area (Å²) >= 11 is 1.33. The number of methoxy groups -OCH3 is 1. The van der Waals surface area contributed by atoms with Gasteiger partial charge >= 0.3 is 0 Å². The van der Waals surface area contributed by atoms with E-state index in [1.54, 1.807) is 32.4 Å². The molecule has 0 saturated carbocycles. The molecule has 0 saturated heterocycles. The molecule has 0 unspecified atom stereocenters. The van der Waals surface area contributed by atoms with Gasteiger partial charge in [0.2, 0.25) is 5.82 Å². The number of amides is 1. The molecule has 1 amide bonds. The number of aromatic nitrogens is 4. The van der Waals surface area contributed by atoms with Crippen LogP contribution >= 0.6 is 11.3 Å². The third kappa shape index (κ3) is 3.36. The predicted molar refractivity (Wildman–Crippen MR) is 87.5 cm³/mol. The lowest BCUT2D eigenvalue weighted by Gasteiger charge is -2.03. The number of hydrogen-bond donors (Lipinski definition) is 2. The van der Waals surface area contributed by atoms with Crippen LogP contribution in [0.1, 0.15) is 39.2 Å². The second kappa shape index (κ2) is 6.93. The third-order valence-corrected chi connectivity index (χ3v) is 4.73. The van der Waals surface area contributed by atoms with Crippen LogP contribution in [-0.2, 0) is 11.3 Å². The number of thiazole rings is 1. The van der Waals surface area contributed by atoms with E-state index in [1.807, 2.05) is 6.92 Å². The predicted octanol–water partition coefficient (Wildman–Crippen LogP) is 2.47. The number of hydrogen-bond acceptors (Lipinski definition) is 7. The molecule has 0 fully saturated rings. The van der Waals surface area contributed by atoms with Crippen molar-refractivity contribution in [3.8, 4) is 11.6 Å². The Labute approximate surface area is 142 Å².